The number of aromatic nitrogens is 2. The normalized spacial score (nSPS) is 17.8. The van der Waals surface area contributed by atoms with Gasteiger partial charge in [-0.2, -0.15) is 10.4 Å². The van der Waals surface area contributed by atoms with Crippen LogP contribution in [-0.2, 0) is 0 Å². The molecule has 1 aromatic heterocycles. The number of rotatable bonds is 2. The van der Waals surface area contributed by atoms with E-state index in [0.29, 0.717) is 0 Å². The average Bonchev–Trinajstić information content (AvgIpc) is 2.40. The Hall–Kier alpha value is -1.67. The third-order valence-electron chi connectivity index (χ3n) is 3.23. The van der Waals surface area contributed by atoms with Gasteiger partial charge in [-0.05, 0) is 26.0 Å². The van der Waals surface area contributed by atoms with Crippen LogP contribution < -0.4 is 4.90 Å². The molecule has 0 N–H and O–H groups in total. The summed E-state index contributed by atoms with van der Waals surface area (Å²) in [5, 5.41) is 17.1. The van der Waals surface area contributed by atoms with E-state index in [2.05, 4.69) is 26.1 Å². The second kappa shape index (κ2) is 4.68. The molecule has 0 atom stereocenters. The molecule has 5 heteroatoms. The zero-order chi connectivity index (χ0) is 12.3. The summed E-state index contributed by atoms with van der Waals surface area (Å²) in [6, 6.07) is 6.21. The van der Waals surface area contributed by atoms with Crippen molar-refractivity contribution in [1.82, 2.24) is 15.1 Å². The van der Waals surface area contributed by atoms with Gasteiger partial charge in [0.1, 0.15) is 5.54 Å². The molecule has 0 amide bonds. The van der Waals surface area contributed by atoms with Crippen molar-refractivity contribution in [1.29, 1.82) is 5.26 Å². The molecular weight excluding hydrogens is 214 g/mol. The van der Waals surface area contributed by atoms with Crippen molar-refractivity contribution in [2.75, 3.05) is 31.1 Å². The first-order chi connectivity index (χ1) is 8.13. The molecule has 1 aromatic rings. The van der Waals surface area contributed by atoms with Crippen molar-refractivity contribution in [2.45, 2.75) is 19.4 Å². The largest absolute Gasteiger partial charge is 0.353 e. The van der Waals surface area contributed by atoms with Crippen LogP contribution in [-0.4, -0.2) is 46.8 Å². The predicted molar refractivity (Wildman–Crippen MR) is 65.5 cm³/mol. The Balaban J connectivity index is 1.98. The zero-order valence-corrected chi connectivity index (χ0v) is 10.3. The summed E-state index contributed by atoms with van der Waals surface area (Å²) in [7, 11) is 0. The summed E-state index contributed by atoms with van der Waals surface area (Å²) in [5.74, 6) is 0.918. The van der Waals surface area contributed by atoms with Crippen LogP contribution in [0.3, 0.4) is 0 Å². The van der Waals surface area contributed by atoms with Gasteiger partial charge in [-0.25, -0.2) is 0 Å². The minimum Gasteiger partial charge on any atom is -0.353 e. The van der Waals surface area contributed by atoms with Gasteiger partial charge < -0.3 is 4.90 Å². The first-order valence-corrected chi connectivity index (χ1v) is 5.82. The van der Waals surface area contributed by atoms with E-state index in [1.54, 1.807) is 6.20 Å². The lowest BCUT2D eigenvalue weighted by Crippen LogP contribution is -2.54. The first-order valence-electron chi connectivity index (χ1n) is 5.82. The Bertz CT molecular complexity index is 401. The SMILES string of the molecule is CC(C)(C#N)N1CCN(c2cccnn2)CC1. The standard InChI is InChI=1S/C12H17N5/c1-12(2,10-13)17-8-6-16(7-9-17)11-4-3-5-14-15-11/h3-5H,6-9H2,1-2H3. The van der Waals surface area contributed by atoms with Crippen molar-refractivity contribution in [3.8, 4) is 6.07 Å². The Morgan fingerprint density at radius 1 is 1.29 bits per heavy atom. The molecule has 0 aliphatic carbocycles. The average molecular weight is 231 g/mol. The van der Waals surface area contributed by atoms with Gasteiger partial charge in [-0.15, -0.1) is 5.10 Å². The monoisotopic (exact) mass is 231 g/mol. The van der Waals surface area contributed by atoms with Crippen LogP contribution in [0.15, 0.2) is 18.3 Å². The van der Waals surface area contributed by atoms with E-state index >= 15 is 0 Å². The molecular formula is C12H17N5. The maximum Gasteiger partial charge on any atom is 0.151 e. The third kappa shape index (κ3) is 2.53. The van der Waals surface area contributed by atoms with Gasteiger partial charge in [0, 0.05) is 32.4 Å². The highest BCUT2D eigenvalue weighted by atomic mass is 15.3. The highest BCUT2D eigenvalue weighted by molar-refractivity contribution is 5.37. The molecule has 0 saturated carbocycles. The van der Waals surface area contributed by atoms with Gasteiger partial charge in [0.15, 0.2) is 5.82 Å². The Morgan fingerprint density at radius 2 is 2.00 bits per heavy atom. The van der Waals surface area contributed by atoms with Gasteiger partial charge in [0.05, 0.1) is 6.07 Å². The molecule has 17 heavy (non-hydrogen) atoms. The van der Waals surface area contributed by atoms with Crippen molar-refractivity contribution in [3.63, 3.8) is 0 Å². The molecule has 2 rings (SSSR count). The fourth-order valence-corrected chi connectivity index (χ4v) is 2.03. The molecule has 5 nitrogen and oxygen atoms in total. The number of hydrogen-bond donors (Lipinski definition) is 0. The topological polar surface area (TPSA) is 56.1 Å². The summed E-state index contributed by atoms with van der Waals surface area (Å²) in [6.45, 7) is 7.48. The third-order valence-corrected chi connectivity index (χ3v) is 3.23. The van der Waals surface area contributed by atoms with E-state index < -0.39 is 0 Å². The lowest BCUT2D eigenvalue weighted by molar-refractivity contribution is 0.157. The zero-order valence-electron chi connectivity index (χ0n) is 10.3. The maximum atomic E-state index is 9.10. The van der Waals surface area contributed by atoms with Crippen LogP contribution in [0.1, 0.15) is 13.8 Å². The number of nitriles is 1. The number of piperazine rings is 1. The van der Waals surface area contributed by atoms with Crippen LogP contribution in [0.25, 0.3) is 0 Å². The molecule has 1 aliphatic rings. The summed E-state index contributed by atoms with van der Waals surface area (Å²) in [6.07, 6.45) is 1.68. The number of nitrogens with zero attached hydrogens (tertiary/aromatic N) is 5. The summed E-state index contributed by atoms with van der Waals surface area (Å²) < 4.78 is 0. The second-order valence-corrected chi connectivity index (χ2v) is 4.73. The van der Waals surface area contributed by atoms with Crippen molar-refractivity contribution >= 4 is 5.82 Å². The lowest BCUT2D eigenvalue weighted by atomic mass is 10.0. The van der Waals surface area contributed by atoms with Gasteiger partial charge in [-0.1, -0.05) is 0 Å². The Kier molecular flexibility index (Phi) is 3.25. The van der Waals surface area contributed by atoms with Gasteiger partial charge in [0.25, 0.3) is 0 Å². The minimum atomic E-state index is -0.380. The maximum absolute atomic E-state index is 9.10. The van der Waals surface area contributed by atoms with Gasteiger partial charge in [0.2, 0.25) is 0 Å². The Morgan fingerprint density at radius 3 is 2.53 bits per heavy atom. The van der Waals surface area contributed by atoms with Crippen LogP contribution in [0.4, 0.5) is 5.82 Å². The summed E-state index contributed by atoms with van der Waals surface area (Å²) in [5.41, 5.74) is -0.380. The van der Waals surface area contributed by atoms with E-state index in [1.807, 2.05) is 26.0 Å². The molecule has 0 bridgehead atoms. The molecule has 0 aromatic carbocycles. The molecule has 1 fully saturated rings. The molecule has 1 saturated heterocycles. The van der Waals surface area contributed by atoms with Crippen LogP contribution in [0.2, 0.25) is 0 Å². The Labute approximate surface area is 102 Å². The van der Waals surface area contributed by atoms with E-state index in [4.69, 9.17) is 5.26 Å². The fourth-order valence-electron chi connectivity index (χ4n) is 2.03. The molecule has 2 heterocycles. The van der Waals surface area contributed by atoms with Gasteiger partial charge >= 0.3 is 0 Å². The summed E-state index contributed by atoms with van der Waals surface area (Å²) >= 11 is 0. The van der Waals surface area contributed by atoms with E-state index in [1.165, 1.54) is 0 Å². The highest BCUT2D eigenvalue weighted by Crippen LogP contribution is 2.18. The van der Waals surface area contributed by atoms with Crippen molar-refractivity contribution in [3.05, 3.63) is 18.3 Å². The quantitative estimate of drug-likeness (QED) is 0.757. The van der Waals surface area contributed by atoms with Crippen molar-refractivity contribution in [2.24, 2.45) is 0 Å². The van der Waals surface area contributed by atoms with Crippen LogP contribution in [0.5, 0.6) is 0 Å². The van der Waals surface area contributed by atoms with Crippen LogP contribution in [0, 0.1) is 11.3 Å². The molecule has 1 aliphatic heterocycles. The number of hydrogen-bond acceptors (Lipinski definition) is 5. The number of anilines is 1. The minimum absolute atomic E-state index is 0.380. The van der Waals surface area contributed by atoms with Gasteiger partial charge in [-0.3, -0.25) is 4.90 Å². The van der Waals surface area contributed by atoms with E-state index in [-0.39, 0.29) is 5.54 Å². The first kappa shape index (κ1) is 11.8. The summed E-state index contributed by atoms with van der Waals surface area (Å²) in [4.78, 5) is 4.41. The predicted octanol–water partition coefficient (Wildman–Crippen LogP) is 0.901. The van der Waals surface area contributed by atoms with Crippen molar-refractivity contribution < 1.29 is 0 Å². The molecule has 0 unspecified atom stereocenters. The van der Waals surface area contributed by atoms with E-state index in [9.17, 15) is 0 Å². The lowest BCUT2D eigenvalue weighted by Gasteiger charge is -2.40. The fraction of sp³-hybridized carbons (Fsp3) is 0.583. The molecule has 0 radical (unpaired) electrons. The second-order valence-electron chi connectivity index (χ2n) is 4.73. The molecule has 90 valence electrons. The smallest absolute Gasteiger partial charge is 0.151 e. The van der Waals surface area contributed by atoms with Crippen LogP contribution >= 0.6 is 0 Å². The highest BCUT2D eigenvalue weighted by Gasteiger charge is 2.29. The van der Waals surface area contributed by atoms with E-state index in [0.717, 1.165) is 32.0 Å². The molecule has 0 spiro atoms.